The van der Waals surface area contributed by atoms with Crippen molar-refractivity contribution in [2.75, 3.05) is 6.54 Å². The van der Waals surface area contributed by atoms with E-state index in [-0.39, 0.29) is 16.2 Å². The van der Waals surface area contributed by atoms with E-state index in [9.17, 15) is 18.0 Å². The van der Waals surface area contributed by atoms with Gasteiger partial charge in [-0.1, -0.05) is 63.1 Å². The third-order valence-corrected chi connectivity index (χ3v) is 9.02. The summed E-state index contributed by atoms with van der Waals surface area (Å²) in [5, 5.41) is 0.597. The van der Waals surface area contributed by atoms with Crippen LogP contribution in [0.2, 0.25) is 5.02 Å². The Kier molecular flexibility index (Phi) is 6.10. The van der Waals surface area contributed by atoms with Crippen molar-refractivity contribution >= 4 is 33.4 Å². The molecule has 1 unspecified atom stereocenters. The number of nitrogens with zero attached hydrogens (tertiary/aromatic N) is 1. The SMILES string of the molecule is CC(C)(C)c1ccc(S(=O)(=O)NC(=O)C2(C)CCN2C(=O)C2(c3ccc(Cl)cc3)CCC2)cc1. The Hall–Kier alpha value is -2.38. The number of hydrogen-bond donors (Lipinski definition) is 1. The molecule has 0 radical (unpaired) electrons. The fourth-order valence-electron chi connectivity index (χ4n) is 4.73. The number of sulfonamides is 1. The molecular formula is C26H31ClN2O4S. The van der Waals surface area contributed by atoms with Gasteiger partial charge in [-0.3, -0.25) is 9.59 Å². The number of likely N-dealkylation sites (tertiary alicyclic amines) is 1. The molecule has 2 aliphatic rings. The van der Waals surface area contributed by atoms with Crippen molar-refractivity contribution in [2.24, 2.45) is 0 Å². The molecule has 34 heavy (non-hydrogen) atoms. The molecule has 1 aliphatic carbocycles. The van der Waals surface area contributed by atoms with E-state index in [0.29, 0.717) is 30.8 Å². The second-order valence-electron chi connectivity index (χ2n) is 10.6. The van der Waals surface area contributed by atoms with E-state index in [1.54, 1.807) is 31.2 Å². The topological polar surface area (TPSA) is 83.6 Å². The van der Waals surface area contributed by atoms with Crippen LogP contribution >= 0.6 is 11.6 Å². The smallest absolute Gasteiger partial charge is 0.264 e. The summed E-state index contributed by atoms with van der Waals surface area (Å²) in [5.74, 6) is -0.811. The summed E-state index contributed by atoms with van der Waals surface area (Å²) in [6.07, 6.45) is 2.71. The maximum absolute atomic E-state index is 13.7. The Morgan fingerprint density at radius 1 is 0.971 bits per heavy atom. The summed E-state index contributed by atoms with van der Waals surface area (Å²) in [5.41, 5.74) is -0.144. The zero-order valence-electron chi connectivity index (χ0n) is 20.0. The fraction of sp³-hybridized carbons (Fsp3) is 0.462. The van der Waals surface area contributed by atoms with Crippen molar-refractivity contribution in [3.63, 3.8) is 0 Å². The Bertz CT molecular complexity index is 1210. The monoisotopic (exact) mass is 502 g/mol. The van der Waals surface area contributed by atoms with Crippen LogP contribution in [-0.4, -0.2) is 37.2 Å². The Morgan fingerprint density at radius 2 is 1.56 bits per heavy atom. The van der Waals surface area contributed by atoms with Crippen LogP contribution in [0.15, 0.2) is 53.4 Å². The molecule has 1 saturated carbocycles. The molecule has 2 fully saturated rings. The van der Waals surface area contributed by atoms with Gasteiger partial charge in [0.2, 0.25) is 5.91 Å². The third kappa shape index (κ3) is 4.13. The van der Waals surface area contributed by atoms with E-state index in [1.807, 2.05) is 32.9 Å². The first-order chi connectivity index (χ1) is 15.8. The molecule has 4 rings (SSSR count). The van der Waals surface area contributed by atoms with Gasteiger partial charge in [-0.25, -0.2) is 13.1 Å². The highest BCUT2D eigenvalue weighted by molar-refractivity contribution is 7.90. The van der Waals surface area contributed by atoms with Crippen molar-refractivity contribution in [2.45, 2.75) is 74.6 Å². The van der Waals surface area contributed by atoms with E-state index < -0.39 is 26.9 Å². The standard InChI is InChI=1S/C26H31ClN2O4S/c1-24(2,3)18-8-12-21(13-9-18)34(32,33)28-22(30)25(4)16-17-29(25)23(31)26(14-5-15-26)19-6-10-20(27)11-7-19/h6-13H,5,14-17H2,1-4H3,(H,28,30). The molecule has 0 spiro atoms. The van der Waals surface area contributed by atoms with E-state index in [4.69, 9.17) is 11.6 Å². The lowest BCUT2D eigenvalue weighted by Crippen LogP contribution is -2.71. The molecular weight excluding hydrogens is 472 g/mol. The summed E-state index contributed by atoms with van der Waals surface area (Å²) in [6, 6.07) is 13.8. The van der Waals surface area contributed by atoms with Gasteiger partial charge in [-0.2, -0.15) is 0 Å². The third-order valence-electron chi connectivity index (χ3n) is 7.42. The van der Waals surface area contributed by atoms with Gasteiger partial charge >= 0.3 is 0 Å². The predicted molar refractivity (Wildman–Crippen MR) is 132 cm³/mol. The molecule has 1 heterocycles. The van der Waals surface area contributed by atoms with Gasteiger partial charge in [0.1, 0.15) is 5.54 Å². The molecule has 2 amide bonds. The minimum Gasteiger partial charge on any atom is -0.327 e. The summed E-state index contributed by atoms with van der Waals surface area (Å²) in [7, 11) is -4.07. The van der Waals surface area contributed by atoms with E-state index in [0.717, 1.165) is 17.5 Å². The number of halogens is 1. The summed E-state index contributed by atoms with van der Waals surface area (Å²) in [6.45, 7) is 8.18. The number of amides is 2. The quantitative estimate of drug-likeness (QED) is 0.649. The zero-order valence-corrected chi connectivity index (χ0v) is 21.6. The lowest BCUT2D eigenvalue weighted by Gasteiger charge is -2.54. The Labute approximate surface area is 206 Å². The minimum absolute atomic E-state index is 0.0197. The van der Waals surface area contributed by atoms with Gasteiger partial charge in [-0.05, 0) is 67.0 Å². The lowest BCUT2D eigenvalue weighted by atomic mass is 9.62. The largest absolute Gasteiger partial charge is 0.327 e. The molecule has 0 aromatic heterocycles. The van der Waals surface area contributed by atoms with Crippen molar-refractivity contribution in [1.82, 2.24) is 9.62 Å². The van der Waals surface area contributed by atoms with Gasteiger partial charge in [0, 0.05) is 11.6 Å². The molecule has 1 aliphatic heterocycles. The first-order valence-corrected chi connectivity index (χ1v) is 13.4. The van der Waals surface area contributed by atoms with Gasteiger partial charge in [0.15, 0.2) is 0 Å². The first-order valence-electron chi connectivity index (χ1n) is 11.6. The Balaban J connectivity index is 1.53. The molecule has 1 saturated heterocycles. The highest BCUT2D eigenvalue weighted by Crippen LogP contribution is 2.48. The van der Waals surface area contributed by atoms with Crippen molar-refractivity contribution in [3.05, 3.63) is 64.7 Å². The number of hydrogen-bond acceptors (Lipinski definition) is 4. The van der Waals surface area contributed by atoms with Crippen LogP contribution in [0, 0.1) is 0 Å². The molecule has 182 valence electrons. The summed E-state index contributed by atoms with van der Waals surface area (Å²) >= 11 is 6.03. The van der Waals surface area contributed by atoms with Crippen LogP contribution in [0.3, 0.4) is 0 Å². The zero-order chi connectivity index (χ0) is 24.9. The maximum Gasteiger partial charge on any atom is 0.264 e. The number of nitrogens with one attached hydrogen (secondary N) is 1. The fourth-order valence-corrected chi connectivity index (χ4v) is 5.93. The normalized spacial score (nSPS) is 21.9. The molecule has 6 nitrogen and oxygen atoms in total. The van der Waals surface area contributed by atoms with Crippen LogP contribution in [0.5, 0.6) is 0 Å². The highest BCUT2D eigenvalue weighted by Gasteiger charge is 2.57. The van der Waals surface area contributed by atoms with Crippen molar-refractivity contribution in [3.8, 4) is 0 Å². The highest BCUT2D eigenvalue weighted by atomic mass is 35.5. The average molecular weight is 503 g/mol. The van der Waals surface area contributed by atoms with Crippen LogP contribution in [0.1, 0.15) is 64.5 Å². The molecule has 1 N–H and O–H groups in total. The van der Waals surface area contributed by atoms with E-state index in [1.165, 1.54) is 17.0 Å². The van der Waals surface area contributed by atoms with Crippen LogP contribution < -0.4 is 4.72 Å². The van der Waals surface area contributed by atoms with Crippen molar-refractivity contribution < 1.29 is 18.0 Å². The minimum atomic E-state index is -4.07. The van der Waals surface area contributed by atoms with Crippen molar-refractivity contribution in [1.29, 1.82) is 0 Å². The number of carbonyl (C=O) groups excluding carboxylic acids is 2. The summed E-state index contributed by atoms with van der Waals surface area (Å²) < 4.78 is 28.1. The second-order valence-corrected chi connectivity index (χ2v) is 12.8. The lowest BCUT2D eigenvalue weighted by molar-refractivity contribution is -0.163. The Morgan fingerprint density at radius 3 is 2.00 bits per heavy atom. The van der Waals surface area contributed by atoms with Crippen LogP contribution in [0.25, 0.3) is 0 Å². The number of benzene rings is 2. The average Bonchev–Trinajstić information content (AvgIpc) is 2.72. The molecule has 2 aromatic rings. The van der Waals surface area contributed by atoms with Crippen LogP contribution in [0.4, 0.5) is 0 Å². The predicted octanol–water partition coefficient (Wildman–Crippen LogP) is 4.56. The number of rotatable bonds is 5. The molecule has 0 bridgehead atoms. The molecule has 2 aromatic carbocycles. The molecule has 1 atom stereocenters. The van der Waals surface area contributed by atoms with Gasteiger partial charge in [0.05, 0.1) is 10.3 Å². The summed E-state index contributed by atoms with van der Waals surface area (Å²) in [4.78, 5) is 28.4. The maximum atomic E-state index is 13.7. The van der Waals surface area contributed by atoms with Crippen LogP contribution in [-0.2, 0) is 30.4 Å². The van der Waals surface area contributed by atoms with Gasteiger partial charge < -0.3 is 4.90 Å². The molecule has 8 heteroatoms. The van der Waals surface area contributed by atoms with Gasteiger partial charge in [-0.15, -0.1) is 0 Å². The number of carbonyl (C=O) groups is 2. The van der Waals surface area contributed by atoms with E-state index >= 15 is 0 Å². The second kappa shape index (κ2) is 8.38. The van der Waals surface area contributed by atoms with E-state index in [2.05, 4.69) is 4.72 Å². The first kappa shape index (κ1) is 24.7. The van der Waals surface area contributed by atoms with Gasteiger partial charge in [0.25, 0.3) is 15.9 Å².